The van der Waals surface area contributed by atoms with E-state index in [9.17, 15) is 4.79 Å². The maximum Gasteiger partial charge on any atom is 0.295 e. The van der Waals surface area contributed by atoms with Gasteiger partial charge in [0.25, 0.3) is 25.4 Å². The lowest BCUT2D eigenvalue weighted by Gasteiger charge is -2.05. The van der Waals surface area contributed by atoms with Crippen molar-refractivity contribution in [2.45, 2.75) is 58.3 Å². The summed E-state index contributed by atoms with van der Waals surface area (Å²) in [7, 11) is -1.27. The fourth-order valence-electron chi connectivity index (χ4n) is 1.67. The number of carbonyl (C=O) groups is 1. The third-order valence-corrected chi connectivity index (χ3v) is 5.55. The molecule has 0 unspecified atom stereocenters. The molecule has 0 aliphatic rings. The minimum absolute atomic E-state index is 0.121. The van der Waals surface area contributed by atoms with Crippen LogP contribution in [0.4, 0.5) is 4.79 Å². The van der Waals surface area contributed by atoms with E-state index in [0.717, 1.165) is 6.42 Å². The molecule has 0 fully saturated rings. The molecule has 0 radical (unpaired) electrons. The fraction of sp³-hybridized carbons (Fsp3) is 0.909. The van der Waals surface area contributed by atoms with E-state index in [2.05, 4.69) is 6.92 Å². The molecular weight excluding hydrogens is 280 g/mol. The summed E-state index contributed by atoms with van der Waals surface area (Å²) in [4.78, 5) is 11.2. The van der Waals surface area contributed by atoms with E-state index < -0.39 is 19.8 Å². The molecule has 0 bridgehead atoms. The number of hydrogen-bond acceptors (Lipinski definition) is 4. The van der Waals surface area contributed by atoms with E-state index in [1.807, 2.05) is 0 Å². The Morgan fingerprint density at radius 3 is 2.28 bits per heavy atom. The van der Waals surface area contributed by atoms with Crippen molar-refractivity contribution < 1.29 is 17.8 Å². The van der Waals surface area contributed by atoms with Crippen LogP contribution in [0.5, 0.6) is 0 Å². The first-order chi connectivity index (χ1) is 8.81. The lowest BCUT2D eigenvalue weighted by Crippen LogP contribution is -2.18. The standard InChI is InChI=1S/C11H28O4Si3/c1-2-3-4-5-6-7-8-9-10-13-11(12)17-15-18-14-16/h2-10,17-18H2,1,16H3. The van der Waals surface area contributed by atoms with E-state index in [-0.39, 0.29) is 5.59 Å². The molecule has 4 nitrogen and oxygen atoms in total. The van der Waals surface area contributed by atoms with Gasteiger partial charge >= 0.3 is 0 Å². The maximum absolute atomic E-state index is 11.2. The molecule has 0 N–H and O–H groups in total. The minimum atomic E-state index is -1.13. The Bertz CT molecular complexity index is 193. The van der Waals surface area contributed by atoms with Gasteiger partial charge in [0.05, 0.1) is 6.61 Å². The summed E-state index contributed by atoms with van der Waals surface area (Å²) in [6.45, 7) is 2.80. The van der Waals surface area contributed by atoms with Crippen molar-refractivity contribution in [1.82, 2.24) is 0 Å². The van der Waals surface area contributed by atoms with Crippen LogP contribution in [-0.4, -0.2) is 42.5 Å². The smallest absolute Gasteiger partial charge is 0.295 e. The predicted molar refractivity (Wildman–Crippen MR) is 83.2 cm³/mol. The molecular formula is C11H28O4Si3. The van der Waals surface area contributed by atoms with Crippen LogP contribution in [-0.2, 0) is 13.0 Å². The van der Waals surface area contributed by atoms with Crippen molar-refractivity contribution >= 4 is 35.8 Å². The van der Waals surface area contributed by atoms with Crippen LogP contribution >= 0.6 is 0 Å². The van der Waals surface area contributed by atoms with Crippen molar-refractivity contribution in [3.63, 3.8) is 0 Å². The molecule has 7 heteroatoms. The van der Waals surface area contributed by atoms with Crippen LogP contribution in [0.25, 0.3) is 0 Å². The van der Waals surface area contributed by atoms with E-state index in [1.165, 1.54) is 44.9 Å². The third kappa shape index (κ3) is 14.1. The van der Waals surface area contributed by atoms with E-state index in [0.29, 0.717) is 17.1 Å². The van der Waals surface area contributed by atoms with Crippen molar-refractivity contribution in [2.24, 2.45) is 0 Å². The Hall–Kier alpha value is 0.0406. The van der Waals surface area contributed by atoms with Crippen LogP contribution in [0.15, 0.2) is 0 Å². The zero-order valence-corrected chi connectivity index (χ0v) is 16.7. The largest absolute Gasteiger partial charge is 0.469 e. The molecule has 0 rings (SSSR count). The molecule has 0 saturated carbocycles. The monoisotopic (exact) mass is 308 g/mol. The van der Waals surface area contributed by atoms with Gasteiger partial charge in [-0.3, -0.25) is 4.79 Å². The van der Waals surface area contributed by atoms with Gasteiger partial charge in [0.15, 0.2) is 0 Å². The molecule has 18 heavy (non-hydrogen) atoms. The van der Waals surface area contributed by atoms with Crippen LogP contribution in [0.2, 0.25) is 0 Å². The molecule has 0 aliphatic carbocycles. The lowest BCUT2D eigenvalue weighted by atomic mass is 10.1. The Labute approximate surface area is 119 Å². The molecule has 108 valence electrons. The summed E-state index contributed by atoms with van der Waals surface area (Å²) in [5, 5.41) is 0. The van der Waals surface area contributed by atoms with Gasteiger partial charge in [-0.1, -0.05) is 51.9 Å². The zero-order valence-electron chi connectivity index (χ0n) is 11.9. The average molecular weight is 309 g/mol. The molecule has 0 saturated heterocycles. The van der Waals surface area contributed by atoms with Gasteiger partial charge < -0.3 is 13.0 Å². The quantitative estimate of drug-likeness (QED) is 0.370. The number of rotatable bonds is 13. The Kier molecular flexibility index (Phi) is 15.1. The van der Waals surface area contributed by atoms with Gasteiger partial charge in [-0.2, -0.15) is 0 Å². The predicted octanol–water partition coefficient (Wildman–Crippen LogP) is 0.660. The molecule has 0 aromatic rings. The molecule has 0 spiro atoms. The van der Waals surface area contributed by atoms with E-state index in [4.69, 9.17) is 13.0 Å². The fourth-order valence-corrected chi connectivity index (χ4v) is 5.07. The second-order valence-electron chi connectivity index (χ2n) is 4.45. The normalized spacial score (nSPS) is 12.1. The number of ether oxygens (including phenoxy) is 1. The average Bonchev–Trinajstić information content (AvgIpc) is 2.37. The van der Waals surface area contributed by atoms with Crippen LogP contribution in [0.3, 0.4) is 0 Å². The molecule has 0 amide bonds. The molecule has 0 aromatic carbocycles. The van der Waals surface area contributed by atoms with Gasteiger partial charge in [-0.25, -0.2) is 0 Å². The van der Waals surface area contributed by atoms with Crippen LogP contribution in [0.1, 0.15) is 58.3 Å². The second kappa shape index (κ2) is 15.1. The summed E-state index contributed by atoms with van der Waals surface area (Å²) in [6.07, 6.45) is 10.1. The van der Waals surface area contributed by atoms with Crippen molar-refractivity contribution in [2.75, 3.05) is 6.61 Å². The van der Waals surface area contributed by atoms with Crippen LogP contribution in [0, 0.1) is 0 Å². The van der Waals surface area contributed by atoms with Gasteiger partial charge in [0.1, 0.15) is 10.5 Å². The van der Waals surface area contributed by atoms with Gasteiger partial charge in [0.2, 0.25) is 0 Å². The second-order valence-corrected chi connectivity index (χ2v) is 9.49. The van der Waals surface area contributed by atoms with Crippen molar-refractivity contribution in [3.05, 3.63) is 0 Å². The summed E-state index contributed by atoms with van der Waals surface area (Å²) in [6, 6.07) is 0. The topological polar surface area (TPSA) is 44.8 Å². The molecule has 0 atom stereocenters. The summed E-state index contributed by atoms with van der Waals surface area (Å²) in [5.74, 6) is 0. The van der Waals surface area contributed by atoms with E-state index in [1.54, 1.807) is 0 Å². The number of carbonyl (C=O) groups excluding carboxylic acids is 1. The van der Waals surface area contributed by atoms with Gasteiger partial charge in [-0.15, -0.1) is 0 Å². The third-order valence-electron chi connectivity index (χ3n) is 2.68. The SMILES string of the molecule is CCCCCCCCCCOC(=O)[SiH2]O[SiH2]O[SiH3]. The van der Waals surface area contributed by atoms with Crippen LogP contribution < -0.4 is 0 Å². The zero-order chi connectivity index (χ0) is 13.5. The summed E-state index contributed by atoms with van der Waals surface area (Å²) >= 11 is 0. The number of unbranched alkanes of at least 4 members (excludes halogenated alkanes) is 7. The maximum atomic E-state index is 11.2. The molecule has 0 aromatic heterocycles. The molecule has 0 aliphatic heterocycles. The highest BCUT2D eigenvalue weighted by Crippen LogP contribution is 2.08. The van der Waals surface area contributed by atoms with Gasteiger partial charge in [0, 0.05) is 0 Å². The van der Waals surface area contributed by atoms with Crippen molar-refractivity contribution in [1.29, 1.82) is 0 Å². The van der Waals surface area contributed by atoms with Crippen molar-refractivity contribution in [3.8, 4) is 0 Å². The summed E-state index contributed by atoms with van der Waals surface area (Å²) in [5.41, 5.74) is -0.121. The minimum Gasteiger partial charge on any atom is -0.469 e. The highest BCUT2D eigenvalue weighted by atomic mass is 28.3. The molecule has 0 heterocycles. The van der Waals surface area contributed by atoms with E-state index >= 15 is 0 Å². The highest BCUT2D eigenvalue weighted by Gasteiger charge is 2.03. The number of hydrogen-bond donors (Lipinski definition) is 0. The highest BCUT2D eigenvalue weighted by molar-refractivity contribution is 6.70. The Morgan fingerprint density at radius 2 is 1.67 bits per heavy atom. The van der Waals surface area contributed by atoms with Gasteiger partial charge in [-0.05, 0) is 6.42 Å². The lowest BCUT2D eigenvalue weighted by molar-refractivity contribution is 0.167. The first kappa shape index (κ1) is 18.0. The Morgan fingerprint density at radius 1 is 1.06 bits per heavy atom. The first-order valence-electron chi connectivity index (χ1n) is 7.03. The summed E-state index contributed by atoms with van der Waals surface area (Å²) < 4.78 is 15.3. The Balaban J connectivity index is 3.08. The first-order valence-corrected chi connectivity index (χ1v) is 10.3.